The summed E-state index contributed by atoms with van der Waals surface area (Å²) in [6, 6.07) is 6.89. The van der Waals surface area contributed by atoms with Crippen molar-refractivity contribution >= 4 is 15.4 Å². The SMILES string of the molecule is CCCCc1cccc([SiH3])c1CCCC. The molecule has 1 heteroatoms. The molecule has 1 aromatic rings. The van der Waals surface area contributed by atoms with Crippen LogP contribution in [0.5, 0.6) is 0 Å². The largest absolute Gasteiger partial charge is 0.0674 e. The number of aryl methyl sites for hydroxylation is 1. The van der Waals surface area contributed by atoms with Crippen molar-refractivity contribution in [1.82, 2.24) is 0 Å². The van der Waals surface area contributed by atoms with E-state index in [1.807, 2.05) is 0 Å². The third-order valence-corrected chi connectivity index (χ3v) is 4.02. The lowest BCUT2D eigenvalue weighted by atomic mass is 9.98. The molecule has 0 saturated heterocycles. The van der Waals surface area contributed by atoms with Gasteiger partial charge in [-0.05, 0) is 36.8 Å². The molecule has 1 rings (SSSR count). The molecule has 0 aromatic heterocycles. The van der Waals surface area contributed by atoms with Crippen molar-refractivity contribution < 1.29 is 0 Å². The van der Waals surface area contributed by atoms with Crippen LogP contribution < -0.4 is 5.19 Å². The fraction of sp³-hybridized carbons (Fsp3) is 0.571. The quantitative estimate of drug-likeness (QED) is 0.646. The molecule has 1 aromatic carbocycles. The second-order valence-electron chi connectivity index (χ2n) is 4.42. The van der Waals surface area contributed by atoms with Crippen LogP contribution in [0.4, 0.5) is 0 Å². The summed E-state index contributed by atoms with van der Waals surface area (Å²) in [6.07, 6.45) is 7.88. The molecule has 15 heavy (non-hydrogen) atoms. The van der Waals surface area contributed by atoms with Crippen molar-refractivity contribution in [1.29, 1.82) is 0 Å². The second kappa shape index (κ2) is 6.84. The first-order chi connectivity index (χ1) is 7.29. The third-order valence-electron chi connectivity index (χ3n) is 3.09. The Hall–Kier alpha value is -0.563. The first kappa shape index (κ1) is 12.5. The fourth-order valence-electron chi connectivity index (χ4n) is 2.08. The maximum absolute atomic E-state index is 2.34. The monoisotopic (exact) mass is 220 g/mol. The highest BCUT2D eigenvalue weighted by atomic mass is 28.1. The smallest absolute Gasteiger partial charge is 0.0388 e. The minimum Gasteiger partial charge on any atom is -0.0674 e. The molecule has 0 nitrogen and oxygen atoms in total. The van der Waals surface area contributed by atoms with E-state index in [4.69, 9.17) is 0 Å². The Morgan fingerprint density at radius 2 is 1.67 bits per heavy atom. The molecule has 0 unspecified atom stereocenters. The van der Waals surface area contributed by atoms with Crippen molar-refractivity contribution in [2.75, 3.05) is 0 Å². The van der Waals surface area contributed by atoms with Crippen LogP contribution in [0.25, 0.3) is 0 Å². The van der Waals surface area contributed by atoms with Crippen LogP contribution in [0.3, 0.4) is 0 Å². The molecule has 0 saturated carbocycles. The minimum atomic E-state index is 1.20. The van der Waals surface area contributed by atoms with Crippen LogP contribution in [0.15, 0.2) is 18.2 Å². The van der Waals surface area contributed by atoms with E-state index >= 15 is 0 Å². The fourth-order valence-corrected chi connectivity index (χ4v) is 2.84. The third kappa shape index (κ3) is 3.82. The molecule has 0 N–H and O–H groups in total. The van der Waals surface area contributed by atoms with Gasteiger partial charge in [0.2, 0.25) is 0 Å². The van der Waals surface area contributed by atoms with E-state index in [2.05, 4.69) is 32.0 Å². The molecule has 0 fully saturated rings. The Kier molecular flexibility index (Phi) is 5.70. The highest BCUT2D eigenvalue weighted by molar-refractivity contribution is 6.33. The van der Waals surface area contributed by atoms with Crippen molar-refractivity contribution in [2.24, 2.45) is 0 Å². The lowest BCUT2D eigenvalue weighted by Crippen LogP contribution is -2.13. The van der Waals surface area contributed by atoms with E-state index in [1.165, 1.54) is 48.8 Å². The van der Waals surface area contributed by atoms with E-state index in [9.17, 15) is 0 Å². The Morgan fingerprint density at radius 3 is 2.33 bits per heavy atom. The van der Waals surface area contributed by atoms with E-state index in [1.54, 1.807) is 16.3 Å². The molecule has 0 aliphatic carbocycles. The summed E-state index contributed by atoms with van der Waals surface area (Å²) in [4.78, 5) is 0. The summed E-state index contributed by atoms with van der Waals surface area (Å²) in [5.41, 5.74) is 3.30. The Morgan fingerprint density at radius 1 is 1.00 bits per heavy atom. The molecular formula is C14H24Si. The van der Waals surface area contributed by atoms with Gasteiger partial charge in [-0.1, -0.05) is 50.1 Å². The molecule has 0 aliphatic heterocycles. The Labute approximate surface area is 97.5 Å². The van der Waals surface area contributed by atoms with Gasteiger partial charge in [0.25, 0.3) is 0 Å². The average molecular weight is 220 g/mol. The first-order valence-corrected chi connectivity index (χ1v) is 7.37. The number of hydrogen-bond donors (Lipinski definition) is 0. The Bertz CT molecular complexity index is 291. The summed E-state index contributed by atoms with van der Waals surface area (Å²) in [6.45, 7) is 4.55. The summed E-state index contributed by atoms with van der Waals surface area (Å²) >= 11 is 0. The second-order valence-corrected chi connectivity index (χ2v) is 5.50. The van der Waals surface area contributed by atoms with E-state index < -0.39 is 0 Å². The van der Waals surface area contributed by atoms with Gasteiger partial charge in [-0.15, -0.1) is 0 Å². The molecular weight excluding hydrogens is 196 g/mol. The van der Waals surface area contributed by atoms with Gasteiger partial charge in [-0.2, -0.15) is 0 Å². The van der Waals surface area contributed by atoms with Crippen LogP contribution in [-0.4, -0.2) is 10.2 Å². The zero-order chi connectivity index (χ0) is 11.1. The summed E-state index contributed by atoms with van der Waals surface area (Å²) in [5.74, 6) is 0. The van der Waals surface area contributed by atoms with E-state index in [0.717, 1.165) is 0 Å². The molecule has 84 valence electrons. The van der Waals surface area contributed by atoms with Crippen molar-refractivity contribution in [3.63, 3.8) is 0 Å². The highest BCUT2D eigenvalue weighted by Gasteiger charge is 2.04. The predicted molar refractivity (Wildman–Crippen MR) is 73.2 cm³/mol. The Balaban J connectivity index is 2.77. The van der Waals surface area contributed by atoms with Crippen LogP contribution in [-0.2, 0) is 12.8 Å². The average Bonchev–Trinajstić information content (AvgIpc) is 2.25. The van der Waals surface area contributed by atoms with E-state index in [-0.39, 0.29) is 0 Å². The van der Waals surface area contributed by atoms with Gasteiger partial charge in [-0.3, -0.25) is 0 Å². The molecule has 0 heterocycles. The van der Waals surface area contributed by atoms with Crippen molar-refractivity contribution in [3.8, 4) is 0 Å². The van der Waals surface area contributed by atoms with Gasteiger partial charge >= 0.3 is 0 Å². The number of hydrogen-bond acceptors (Lipinski definition) is 0. The van der Waals surface area contributed by atoms with Gasteiger partial charge < -0.3 is 0 Å². The van der Waals surface area contributed by atoms with Crippen LogP contribution in [0.2, 0.25) is 0 Å². The van der Waals surface area contributed by atoms with Crippen molar-refractivity contribution in [2.45, 2.75) is 52.4 Å². The minimum absolute atomic E-state index is 1.20. The van der Waals surface area contributed by atoms with Crippen LogP contribution in [0, 0.1) is 0 Å². The van der Waals surface area contributed by atoms with Crippen molar-refractivity contribution in [3.05, 3.63) is 29.3 Å². The number of rotatable bonds is 6. The zero-order valence-electron chi connectivity index (χ0n) is 10.5. The topological polar surface area (TPSA) is 0 Å². The van der Waals surface area contributed by atoms with Crippen LogP contribution in [0.1, 0.15) is 50.7 Å². The summed E-state index contributed by atoms with van der Waals surface area (Å²) < 4.78 is 0. The van der Waals surface area contributed by atoms with Crippen LogP contribution >= 0.6 is 0 Å². The van der Waals surface area contributed by atoms with Gasteiger partial charge in [-0.25, -0.2) is 0 Å². The van der Waals surface area contributed by atoms with Gasteiger partial charge in [0.05, 0.1) is 0 Å². The van der Waals surface area contributed by atoms with E-state index in [0.29, 0.717) is 0 Å². The lowest BCUT2D eigenvalue weighted by Gasteiger charge is -2.12. The summed E-state index contributed by atoms with van der Waals surface area (Å²) in [5, 5.41) is 1.62. The maximum atomic E-state index is 2.34. The molecule has 0 aliphatic rings. The van der Waals surface area contributed by atoms with Gasteiger partial charge in [0.1, 0.15) is 0 Å². The standard InChI is InChI=1S/C14H24Si/c1-3-5-8-12-9-7-11-14(15)13(12)10-6-4-2/h7,9,11H,3-6,8,10H2,1-2,15H3. The lowest BCUT2D eigenvalue weighted by molar-refractivity contribution is 0.761. The predicted octanol–water partition coefficient (Wildman–Crippen LogP) is 2.36. The highest BCUT2D eigenvalue weighted by Crippen LogP contribution is 2.12. The summed E-state index contributed by atoms with van der Waals surface area (Å²) in [7, 11) is 1.20. The number of benzene rings is 1. The van der Waals surface area contributed by atoms with Gasteiger partial charge in [0.15, 0.2) is 0 Å². The van der Waals surface area contributed by atoms with Gasteiger partial charge in [0, 0.05) is 10.2 Å². The molecule has 0 amide bonds. The first-order valence-electron chi connectivity index (χ1n) is 6.37. The normalized spacial score (nSPS) is 10.8. The zero-order valence-corrected chi connectivity index (χ0v) is 12.5. The number of unbranched alkanes of at least 4 members (excludes halogenated alkanes) is 2. The molecule has 0 bridgehead atoms. The molecule has 0 radical (unpaired) electrons. The molecule has 0 spiro atoms. The maximum Gasteiger partial charge on any atom is 0.0388 e. The molecule has 0 atom stereocenters.